The van der Waals surface area contributed by atoms with Crippen LogP contribution < -0.4 is 0 Å². The summed E-state index contributed by atoms with van der Waals surface area (Å²) in [5, 5.41) is 10.3. The van der Waals surface area contributed by atoms with E-state index in [9.17, 15) is 5.11 Å². The average Bonchev–Trinajstić information content (AvgIpc) is 2.27. The number of phenols is 1. The van der Waals surface area contributed by atoms with Crippen molar-refractivity contribution in [1.82, 2.24) is 0 Å². The molecule has 3 heteroatoms. The van der Waals surface area contributed by atoms with Crippen molar-refractivity contribution < 1.29 is 5.11 Å². The first kappa shape index (κ1) is 12.3. The minimum Gasteiger partial charge on any atom is -0.506 e. The van der Waals surface area contributed by atoms with Gasteiger partial charge < -0.3 is 5.11 Å². The van der Waals surface area contributed by atoms with E-state index in [1.807, 2.05) is 19.9 Å². The molecular formula is C14H12Cl2O. The molecule has 2 rings (SSSR count). The van der Waals surface area contributed by atoms with Gasteiger partial charge in [0.05, 0.1) is 10.0 Å². The molecule has 0 aliphatic heterocycles. The van der Waals surface area contributed by atoms with Crippen LogP contribution in [0.5, 0.6) is 5.75 Å². The highest BCUT2D eigenvalue weighted by Crippen LogP contribution is 2.37. The number of hydrogen-bond acceptors (Lipinski definition) is 1. The first-order valence-electron chi connectivity index (χ1n) is 5.24. The van der Waals surface area contributed by atoms with Crippen LogP contribution in [-0.4, -0.2) is 5.11 Å². The van der Waals surface area contributed by atoms with Gasteiger partial charge in [0.1, 0.15) is 5.75 Å². The van der Waals surface area contributed by atoms with Crippen LogP contribution in [0.1, 0.15) is 11.1 Å². The number of halogens is 2. The summed E-state index contributed by atoms with van der Waals surface area (Å²) in [6.07, 6.45) is 0. The topological polar surface area (TPSA) is 20.2 Å². The molecule has 0 saturated heterocycles. The molecule has 0 bridgehead atoms. The summed E-state index contributed by atoms with van der Waals surface area (Å²) >= 11 is 12.1. The zero-order valence-electron chi connectivity index (χ0n) is 9.59. The lowest BCUT2D eigenvalue weighted by Gasteiger charge is -2.10. The molecule has 0 aliphatic carbocycles. The van der Waals surface area contributed by atoms with Crippen molar-refractivity contribution in [3.8, 4) is 16.9 Å². The maximum Gasteiger partial charge on any atom is 0.135 e. The van der Waals surface area contributed by atoms with Gasteiger partial charge in [-0.25, -0.2) is 0 Å². The number of aromatic hydroxyl groups is 1. The summed E-state index contributed by atoms with van der Waals surface area (Å²) < 4.78 is 0. The fraction of sp³-hybridized carbons (Fsp3) is 0.143. The molecule has 0 radical (unpaired) electrons. The number of aryl methyl sites for hydroxylation is 2. The molecule has 0 heterocycles. The lowest BCUT2D eigenvalue weighted by molar-refractivity contribution is 0.475. The molecule has 1 nitrogen and oxygen atoms in total. The molecule has 2 aromatic carbocycles. The average molecular weight is 267 g/mol. The number of benzene rings is 2. The van der Waals surface area contributed by atoms with Gasteiger partial charge >= 0.3 is 0 Å². The maximum atomic E-state index is 9.48. The smallest absolute Gasteiger partial charge is 0.135 e. The van der Waals surface area contributed by atoms with Crippen molar-refractivity contribution in [3.63, 3.8) is 0 Å². The zero-order chi connectivity index (χ0) is 12.6. The standard InChI is InChI=1S/C14H12Cl2O/c1-8-3-4-9(2)10(5-8)11-6-13(16)14(17)7-12(11)15/h3-7,17H,1-2H3. The Labute approximate surface area is 111 Å². The second kappa shape index (κ2) is 4.59. The molecule has 2 aromatic rings. The first-order valence-corrected chi connectivity index (χ1v) is 6.00. The third kappa shape index (κ3) is 2.41. The Morgan fingerprint density at radius 3 is 2.29 bits per heavy atom. The summed E-state index contributed by atoms with van der Waals surface area (Å²) in [7, 11) is 0. The van der Waals surface area contributed by atoms with Crippen LogP contribution in [0, 0.1) is 13.8 Å². The van der Waals surface area contributed by atoms with Crippen molar-refractivity contribution in [2.45, 2.75) is 13.8 Å². The van der Waals surface area contributed by atoms with E-state index in [-0.39, 0.29) is 5.75 Å². The van der Waals surface area contributed by atoms with Crippen molar-refractivity contribution in [2.24, 2.45) is 0 Å². The van der Waals surface area contributed by atoms with Crippen LogP contribution in [0.4, 0.5) is 0 Å². The van der Waals surface area contributed by atoms with E-state index in [2.05, 4.69) is 12.1 Å². The quantitative estimate of drug-likeness (QED) is 0.772. The number of hydrogen-bond donors (Lipinski definition) is 1. The molecule has 0 spiro atoms. The fourth-order valence-electron chi connectivity index (χ4n) is 1.77. The Kier molecular flexibility index (Phi) is 3.32. The van der Waals surface area contributed by atoms with Gasteiger partial charge in [-0.2, -0.15) is 0 Å². The Morgan fingerprint density at radius 2 is 1.59 bits per heavy atom. The van der Waals surface area contributed by atoms with Crippen LogP contribution in [0.3, 0.4) is 0 Å². The molecule has 0 aromatic heterocycles. The van der Waals surface area contributed by atoms with E-state index in [1.54, 1.807) is 6.07 Å². The van der Waals surface area contributed by atoms with E-state index in [1.165, 1.54) is 6.07 Å². The minimum absolute atomic E-state index is 0.00530. The maximum absolute atomic E-state index is 9.48. The van der Waals surface area contributed by atoms with Gasteiger partial charge in [0.15, 0.2) is 0 Å². The van der Waals surface area contributed by atoms with E-state index in [4.69, 9.17) is 23.2 Å². The van der Waals surface area contributed by atoms with Crippen molar-refractivity contribution in [1.29, 1.82) is 0 Å². The highest BCUT2D eigenvalue weighted by Gasteiger charge is 2.10. The summed E-state index contributed by atoms with van der Waals surface area (Å²) in [5.41, 5.74) is 4.16. The van der Waals surface area contributed by atoms with Gasteiger partial charge in [0.25, 0.3) is 0 Å². The molecular weight excluding hydrogens is 255 g/mol. The van der Waals surface area contributed by atoms with E-state index >= 15 is 0 Å². The fourth-order valence-corrected chi connectivity index (χ4v) is 2.19. The van der Waals surface area contributed by atoms with E-state index < -0.39 is 0 Å². The van der Waals surface area contributed by atoms with Crippen LogP contribution in [0.25, 0.3) is 11.1 Å². The number of rotatable bonds is 1. The summed E-state index contributed by atoms with van der Waals surface area (Å²) in [6.45, 7) is 4.05. The third-order valence-corrected chi connectivity index (χ3v) is 3.34. The SMILES string of the molecule is Cc1ccc(C)c(-c2cc(Cl)c(O)cc2Cl)c1. The van der Waals surface area contributed by atoms with Gasteiger partial charge in [-0.1, -0.05) is 47.0 Å². The molecule has 1 N–H and O–H groups in total. The normalized spacial score (nSPS) is 10.6. The monoisotopic (exact) mass is 266 g/mol. The van der Waals surface area contributed by atoms with Crippen molar-refractivity contribution in [2.75, 3.05) is 0 Å². The Hall–Kier alpha value is -1.18. The van der Waals surface area contributed by atoms with Gasteiger partial charge in [-0.3, -0.25) is 0 Å². The van der Waals surface area contributed by atoms with E-state index in [0.717, 1.165) is 22.3 Å². The summed E-state index contributed by atoms with van der Waals surface area (Å²) in [5.74, 6) is 0.00530. The molecule has 0 saturated carbocycles. The molecule has 0 unspecified atom stereocenters. The summed E-state index contributed by atoms with van der Waals surface area (Å²) in [4.78, 5) is 0. The molecule has 0 aliphatic rings. The summed E-state index contributed by atoms with van der Waals surface area (Å²) in [6, 6.07) is 9.32. The van der Waals surface area contributed by atoms with Crippen LogP contribution in [-0.2, 0) is 0 Å². The minimum atomic E-state index is 0.00530. The predicted octanol–water partition coefficient (Wildman–Crippen LogP) is 4.98. The highest BCUT2D eigenvalue weighted by molar-refractivity contribution is 6.36. The Balaban J connectivity index is 2.68. The largest absolute Gasteiger partial charge is 0.506 e. The second-order valence-electron chi connectivity index (χ2n) is 4.10. The zero-order valence-corrected chi connectivity index (χ0v) is 11.1. The van der Waals surface area contributed by atoms with Crippen LogP contribution >= 0.6 is 23.2 Å². The molecule has 0 atom stereocenters. The van der Waals surface area contributed by atoms with Gasteiger partial charge in [0.2, 0.25) is 0 Å². The molecule has 88 valence electrons. The highest BCUT2D eigenvalue weighted by atomic mass is 35.5. The molecule has 17 heavy (non-hydrogen) atoms. The Morgan fingerprint density at radius 1 is 0.882 bits per heavy atom. The van der Waals surface area contributed by atoms with Crippen molar-refractivity contribution in [3.05, 3.63) is 51.5 Å². The molecule has 0 amide bonds. The first-order chi connectivity index (χ1) is 7.99. The van der Waals surface area contributed by atoms with Crippen LogP contribution in [0.15, 0.2) is 30.3 Å². The molecule has 0 fully saturated rings. The van der Waals surface area contributed by atoms with Crippen molar-refractivity contribution >= 4 is 23.2 Å². The predicted molar refractivity (Wildman–Crippen MR) is 73.0 cm³/mol. The van der Waals surface area contributed by atoms with E-state index in [0.29, 0.717) is 10.0 Å². The van der Waals surface area contributed by atoms with Gasteiger partial charge in [-0.05, 0) is 31.0 Å². The Bertz CT molecular complexity index is 577. The number of phenolic OH excluding ortho intramolecular Hbond substituents is 1. The van der Waals surface area contributed by atoms with Gasteiger partial charge in [0, 0.05) is 11.6 Å². The lowest BCUT2D eigenvalue weighted by Crippen LogP contribution is -1.86. The lowest BCUT2D eigenvalue weighted by atomic mass is 9.98. The third-order valence-electron chi connectivity index (χ3n) is 2.72. The van der Waals surface area contributed by atoms with Gasteiger partial charge in [-0.15, -0.1) is 0 Å². The second-order valence-corrected chi connectivity index (χ2v) is 4.92. The van der Waals surface area contributed by atoms with Crippen LogP contribution in [0.2, 0.25) is 10.0 Å².